The number of hydrogen-bond acceptors (Lipinski definition) is 2. The molecule has 0 aromatic rings. The Hall–Kier alpha value is -0.843. The molecule has 0 rings (SSSR count). The lowest BCUT2D eigenvalue weighted by molar-refractivity contribution is -0.345. The average molecular weight is 343 g/mol. The van der Waals surface area contributed by atoms with Crippen LogP contribution in [0.2, 0.25) is 19.6 Å². The molecule has 0 aliphatic heterocycles. The highest BCUT2D eigenvalue weighted by atomic mass is 28.4. The highest BCUT2D eigenvalue weighted by Gasteiger charge is 2.76. The molecule has 126 valence electrons. The van der Waals surface area contributed by atoms with E-state index in [9.17, 15) is 35.5 Å². The fraction of sp³-hybridized carbons (Fsp3) is 0.900. The van der Waals surface area contributed by atoms with Crippen molar-refractivity contribution < 1.29 is 40.0 Å². The fourth-order valence-corrected chi connectivity index (χ4v) is 1.85. The van der Waals surface area contributed by atoms with Gasteiger partial charge in [-0.15, -0.1) is 0 Å². The van der Waals surface area contributed by atoms with Gasteiger partial charge in [0.25, 0.3) is 5.91 Å². The van der Waals surface area contributed by atoms with Crippen molar-refractivity contribution in [1.82, 2.24) is 4.90 Å². The largest absolute Gasteiger partial charge is 0.460 e. The monoisotopic (exact) mass is 343 g/mol. The van der Waals surface area contributed by atoms with Crippen LogP contribution in [-0.4, -0.2) is 57.3 Å². The maximum Gasteiger partial charge on any atom is 0.460 e. The van der Waals surface area contributed by atoms with Gasteiger partial charge < -0.3 is 9.33 Å². The molecule has 0 aromatic carbocycles. The van der Waals surface area contributed by atoms with Crippen molar-refractivity contribution in [3.8, 4) is 0 Å². The number of amides is 1. The van der Waals surface area contributed by atoms with Crippen molar-refractivity contribution in [2.75, 3.05) is 20.2 Å². The zero-order valence-electron chi connectivity index (χ0n) is 11.8. The van der Waals surface area contributed by atoms with E-state index in [1.165, 1.54) is 0 Å². The third-order valence-electron chi connectivity index (χ3n) is 2.33. The molecule has 0 unspecified atom stereocenters. The summed E-state index contributed by atoms with van der Waals surface area (Å²) in [5.74, 6) is -14.9. The van der Waals surface area contributed by atoms with E-state index in [0.29, 0.717) is 7.05 Å². The maximum atomic E-state index is 13.1. The van der Waals surface area contributed by atoms with Crippen molar-refractivity contribution in [1.29, 1.82) is 0 Å². The minimum atomic E-state index is -6.53. The highest BCUT2D eigenvalue weighted by Crippen LogP contribution is 2.47. The predicted octanol–water partition coefficient (Wildman–Crippen LogP) is 3.13. The molecule has 0 aromatic heterocycles. The van der Waals surface area contributed by atoms with E-state index >= 15 is 0 Å². The Morgan fingerprint density at radius 2 is 1.48 bits per heavy atom. The molecule has 0 radical (unpaired) electrons. The SMILES string of the molecule is CN(CCO[Si](C)(C)C)C(=O)C(F)(F)C(F)(F)C(F)(F)F. The molecule has 0 N–H and O–H groups in total. The molecule has 0 heterocycles. The van der Waals surface area contributed by atoms with Crippen LogP contribution in [0.5, 0.6) is 0 Å². The first-order valence-electron chi connectivity index (χ1n) is 5.76. The first kappa shape index (κ1) is 20.2. The summed E-state index contributed by atoms with van der Waals surface area (Å²) >= 11 is 0. The van der Waals surface area contributed by atoms with E-state index in [1.54, 1.807) is 19.6 Å². The molecular formula is C10H16F7NO2Si. The van der Waals surface area contributed by atoms with E-state index in [2.05, 4.69) is 0 Å². The molecule has 0 bridgehead atoms. The summed E-state index contributed by atoms with van der Waals surface area (Å²) < 4.78 is 92.6. The fourth-order valence-electron chi connectivity index (χ4n) is 1.14. The Kier molecular flexibility index (Phi) is 5.86. The Bertz CT molecular complexity index is 379. The minimum Gasteiger partial charge on any atom is -0.416 e. The normalized spacial score (nSPS) is 14.2. The second kappa shape index (κ2) is 6.11. The predicted molar refractivity (Wildman–Crippen MR) is 62.9 cm³/mol. The molecule has 21 heavy (non-hydrogen) atoms. The van der Waals surface area contributed by atoms with Crippen LogP contribution in [-0.2, 0) is 9.22 Å². The van der Waals surface area contributed by atoms with Gasteiger partial charge in [-0.1, -0.05) is 0 Å². The number of nitrogens with zero attached hydrogens (tertiary/aromatic N) is 1. The first-order chi connectivity index (χ1) is 9.04. The zero-order valence-corrected chi connectivity index (χ0v) is 12.8. The number of alkyl halides is 7. The van der Waals surface area contributed by atoms with Crippen LogP contribution in [0.4, 0.5) is 30.7 Å². The molecule has 0 aliphatic rings. The molecule has 3 nitrogen and oxygen atoms in total. The Labute approximate surface area is 118 Å². The molecule has 0 fully saturated rings. The topological polar surface area (TPSA) is 29.5 Å². The van der Waals surface area contributed by atoms with E-state index in [0.717, 1.165) is 0 Å². The lowest BCUT2D eigenvalue weighted by Crippen LogP contribution is -2.59. The van der Waals surface area contributed by atoms with Gasteiger partial charge in [0.05, 0.1) is 6.61 Å². The first-order valence-corrected chi connectivity index (χ1v) is 9.17. The summed E-state index contributed by atoms with van der Waals surface area (Å²) in [5.41, 5.74) is 0. The second-order valence-corrected chi connectivity index (χ2v) is 9.85. The number of carbonyl (C=O) groups is 1. The Morgan fingerprint density at radius 3 is 1.81 bits per heavy atom. The van der Waals surface area contributed by atoms with Crippen molar-refractivity contribution >= 4 is 14.2 Å². The van der Waals surface area contributed by atoms with Crippen molar-refractivity contribution in [2.24, 2.45) is 0 Å². The van der Waals surface area contributed by atoms with Gasteiger partial charge in [-0.25, -0.2) is 0 Å². The summed E-state index contributed by atoms with van der Waals surface area (Å²) in [7, 11) is -1.32. The number of likely N-dealkylation sites (N-methyl/N-ethyl adjacent to an activating group) is 1. The van der Waals surface area contributed by atoms with Gasteiger partial charge in [-0.3, -0.25) is 4.79 Å². The van der Waals surface area contributed by atoms with Crippen LogP contribution in [0.15, 0.2) is 0 Å². The molecule has 11 heteroatoms. The average Bonchev–Trinajstić information content (AvgIpc) is 2.24. The smallest absolute Gasteiger partial charge is 0.416 e. The standard InChI is InChI=1S/C10H16F7NO2Si/c1-18(5-6-20-21(2,3)4)7(19)8(11,12)9(13,14)10(15,16)17/h5-6H2,1-4H3. The van der Waals surface area contributed by atoms with Gasteiger partial charge in [0.15, 0.2) is 8.32 Å². The van der Waals surface area contributed by atoms with Crippen LogP contribution in [0, 0.1) is 0 Å². The minimum absolute atomic E-state index is 0.0970. The molecule has 1 amide bonds. The zero-order chi connectivity index (χ0) is 17.3. The van der Waals surface area contributed by atoms with Crippen LogP contribution in [0.1, 0.15) is 0 Å². The summed E-state index contributed by atoms with van der Waals surface area (Å²) in [4.78, 5) is 11.3. The lowest BCUT2D eigenvalue weighted by atomic mass is 10.1. The van der Waals surface area contributed by atoms with Crippen LogP contribution in [0.3, 0.4) is 0 Å². The number of rotatable bonds is 6. The van der Waals surface area contributed by atoms with E-state index in [1.807, 2.05) is 0 Å². The van der Waals surface area contributed by atoms with Gasteiger partial charge in [0, 0.05) is 13.6 Å². The molecule has 0 aliphatic carbocycles. The van der Waals surface area contributed by atoms with E-state index in [-0.39, 0.29) is 11.5 Å². The van der Waals surface area contributed by atoms with Gasteiger partial charge >= 0.3 is 18.0 Å². The van der Waals surface area contributed by atoms with E-state index < -0.39 is 38.8 Å². The van der Waals surface area contributed by atoms with E-state index in [4.69, 9.17) is 4.43 Å². The second-order valence-electron chi connectivity index (χ2n) is 5.33. The third-order valence-corrected chi connectivity index (χ3v) is 3.40. The number of halogens is 7. The summed E-state index contributed by atoms with van der Waals surface area (Å²) in [6.07, 6.45) is -6.53. The number of carbonyl (C=O) groups excluding carboxylic acids is 1. The van der Waals surface area contributed by atoms with Crippen molar-refractivity contribution in [3.05, 3.63) is 0 Å². The van der Waals surface area contributed by atoms with Crippen LogP contribution < -0.4 is 0 Å². The molecular weight excluding hydrogens is 327 g/mol. The van der Waals surface area contributed by atoms with Gasteiger partial charge in [-0.2, -0.15) is 30.7 Å². The third kappa shape index (κ3) is 4.83. The quantitative estimate of drug-likeness (QED) is 0.548. The van der Waals surface area contributed by atoms with Crippen molar-refractivity contribution in [2.45, 2.75) is 37.7 Å². The summed E-state index contributed by atoms with van der Waals surface area (Å²) in [5, 5.41) is 0. The van der Waals surface area contributed by atoms with Gasteiger partial charge in [-0.05, 0) is 19.6 Å². The Morgan fingerprint density at radius 1 is 1.05 bits per heavy atom. The maximum absolute atomic E-state index is 13.1. The van der Waals surface area contributed by atoms with Crippen molar-refractivity contribution in [3.63, 3.8) is 0 Å². The highest BCUT2D eigenvalue weighted by molar-refractivity contribution is 6.69. The molecule has 0 atom stereocenters. The molecule has 0 saturated heterocycles. The molecule has 0 saturated carbocycles. The summed E-state index contributed by atoms with van der Waals surface area (Å²) in [6, 6.07) is 0. The molecule has 0 spiro atoms. The van der Waals surface area contributed by atoms with Crippen LogP contribution >= 0.6 is 0 Å². The van der Waals surface area contributed by atoms with Gasteiger partial charge in [0.1, 0.15) is 0 Å². The van der Waals surface area contributed by atoms with Gasteiger partial charge in [0.2, 0.25) is 0 Å². The number of hydrogen-bond donors (Lipinski definition) is 0. The van der Waals surface area contributed by atoms with Crippen LogP contribution in [0.25, 0.3) is 0 Å². The summed E-state index contributed by atoms with van der Waals surface area (Å²) in [6.45, 7) is 4.50. The Balaban J connectivity index is 4.91. The lowest BCUT2D eigenvalue weighted by Gasteiger charge is -2.30.